The molecule has 0 spiro atoms. The molecule has 1 saturated heterocycles. The van der Waals surface area contributed by atoms with Gasteiger partial charge in [0.15, 0.2) is 0 Å². The third-order valence-corrected chi connectivity index (χ3v) is 5.78. The number of hydrogen-bond acceptors (Lipinski definition) is 3. The molecular weight excluding hydrogens is 264 g/mol. The largest absolute Gasteiger partial charge is 0.377 e. The van der Waals surface area contributed by atoms with Crippen LogP contribution in [0.3, 0.4) is 0 Å². The van der Waals surface area contributed by atoms with Crippen LogP contribution < -0.4 is 5.73 Å². The van der Waals surface area contributed by atoms with Gasteiger partial charge in [0, 0.05) is 24.5 Å². The van der Waals surface area contributed by atoms with Gasteiger partial charge >= 0.3 is 0 Å². The Bertz CT molecular complexity index is 478. The molecule has 3 fully saturated rings. The first kappa shape index (κ1) is 14.9. The van der Waals surface area contributed by atoms with Gasteiger partial charge in [0.1, 0.15) is 5.54 Å². The van der Waals surface area contributed by atoms with E-state index >= 15 is 0 Å². The zero-order chi connectivity index (χ0) is 15.3. The summed E-state index contributed by atoms with van der Waals surface area (Å²) >= 11 is 0. The number of fused-ring (bicyclic) bond motifs is 1. The highest BCUT2D eigenvalue weighted by molar-refractivity contribution is 5.89. The molecule has 2 aliphatic carbocycles. The smallest absolute Gasteiger partial charge is 0.244 e. The van der Waals surface area contributed by atoms with Gasteiger partial charge in [-0.15, -0.1) is 6.42 Å². The van der Waals surface area contributed by atoms with Gasteiger partial charge in [-0.25, -0.2) is 0 Å². The third kappa shape index (κ3) is 2.10. The molecule has 1 amide bonds. The lowest BCUT2D eigenvalue weighted by Crippen LogP contribution is -2.82. The molecule has 0 radical (unpaired) electrons. The molecule has 3 atom stereocenters. The second-order valence-corrected chi connectivity index (χ2v) is 7.46. The topological polar surface area (TPSA) is 55.6 Å². The molecule has 2 saturated carbocycles. The number of carbonyl (C=O) groups excluding carboxylic acids is 1. The van der Waals surface area contributed by atoms with Gasteiger partial charge in [-0.2, -0.15) is 0 Å². The molecule has 2 N–H and O–H groups in total. The van der Waals surface area contributed by atoms with E-state index in [1.54, 1.807) is 0 Å². The van der Waals surface area contributed by atoms with E-state index in [2.05, 4.69) is 19.8 Å². The number of amides is 1. The fourth-order valence-electron chi connectivity index (χ4n) is 4.21. The summed E-state index contributed by atoms with van der Waals surface area (Å²) in [5.74, 6) is 3.40. The highest BCUT2D eigenvalue weighted by Crippen LogP contribution is 2.58. The van der Waals surface area contributed by atoms with Crippen LogP contribution >= 0.6 is 0 Å². The summed E-state index contributed by atoms with van der Waals surface area (Å²) in [7, 11) is 0. The Kier molecular flexibility index (Phi) is 3.54. The molecule has 0 aromatic heterocycles. The van der Waals surface area contributed by atoms with Crippen molar-refractivity contribution in [3.63, 3.8) is 0 Å². The van der Waals surface area contributed by atoms with Crippen molar-refractivity contribution in [2.45, 2.75) is 51.2 Å². The zero-order valence-corrected chi connectivity index (χ0v) is 13.1. The number of ether oxygens (including phenoxy) is 1. The van der Waals surface area contributed by atoms with Crippen LogP contribution in [0.1, 0.15) is 39.5 Å². The van der Waals surface area contributed by atoms with Gasteiger partial charge in [0.25, 0.3) is 0 Å². The summed E-state index contributed by atoms with van der Waals surface area (Å²) in [6.07, 6.45) is 9.92. The molecule has 3 rings (SSSR count). The molecule has 0 bridgehead atoms. The predicted molar refractivity (Wildman–Crippen MR) is 81.3 cm³/mol. The molecule has 0 aromatic rings. The maximum Gasteiger partial charge on any atom is 0.244 e. The summed E-state index contributed by atoms with van der Waals surface area (Å²) in [6, 6.07) is 0. The second-order valence-electron chi connectivity index (χ2n) is 7.46. The highest BCUT2D eigenvalue weighted by Gasteiger charge is 2.70. The van der Waals surface area contributed by atoms with Crippen LogP contribution in [0.4, 0.5) is 0 Å². The molecule has 0 aromatic carbocycles. The fourth-order valence-corrected chi connectivity index (χ4v) is 4.21. The maximum absolute atomic E-state index is 13.1. The van der Waals surface area contributed by atoms with Gasteiger partial charge in [0.05, 0.1) is 12.6 Å². The van der Waals surface area contributed by atoms with E-state index in [9.17, 15) is 4.79 Å². The fraction of sp³-hybridized carbons (Fsp3) is 0.824. The van der Waals surface area contributed by atoms with Crippen molar-refractivity contribution in [3.8, 4) is 12.3 Å². The Morgan fingerprint density at radius 2 is 2.14 bits per heavy atom. The van der Waals surface area contributed by atoms with Crippen molar-refractivity contribution in [3.05, 3.63) is 0 Å². The minimum Gasteiger partial charge on any atom is -0.377 e. The number of rotatable bonds is 4. The van der Waals surface area contributed by atoms with E-state index in [1.165, 1.54) is 12.8 Å². The average molecular weight is 290 g/mol. The van der Waals surface area contributed by atoms with Crippen LogP contribution in [0.2, 0.25) is 0 Å². The van der Waals surface area contributed by atoms with Crippen LogP contribution in [0, 0.1) is 29.6 Å². The number of nitrogens with zero attached hydrogens (tertiary/aromatic N) is 1. The van der Waals surface area contributed by atoms with E-state index in [-0.39, 0.29) is 23.3 Å². The van der Waals surface area contributed by atoms with Crippen molar-refractivity contribution in [1.82, 2.24) is 4.90 Å². The lowest BCUT2D eigenvalue weighted by atomic mass is 9.46. The summed E-state index contributed by atoms with van der Waals surface area (Å²) in [6.45, 7) is 6.02. The Morgan fingerprint density at radius 3 is 2.76 bits per heavy atom. The Hall–Kier alpha value is -1.05. The van der Waals surface area contributed by atoms with E-state index in [1.807, 2.05) is 4.90 Å². The van der Waals surface area contributed by atoms with Crippen molar-refractivity contribution < 1.29 is 9.53 Å². The SMILES string of the molecule is C#CCN(CC1CC1)C(=O)C1(N)C2CCCOC2C1(C)C. The summed E-state index contributed by atoms with van der Waals surface area (Å²) in [4.78, 5) is 14.9. The summed E-state index contributed by atoms with van der Waals surface area (Å²) < 4.78 is 5.88. The molecular formula is C17H26N2O2. The van der Waals surface area contributed by atoms with Gasteiger partial charge < -0.3 is 15.4 Å². The zero-order valence-electron chi connectivity index (χ0n) is 13.1. The number of carbonyl (C=O) groups is 1. The lowest BCUT2D eigenvalue weighted by Gasteiger charge is -2.65. The summed E-state index contributed by atoms with van der Waals surface area (Å²) in [5, 5.41) is 0. The van der Waals surface area contributed by atoms with Crippen LogP contribution in [0.25, 0.3) is 0 Å². The number of nitrogens with two attached hydrogens (primary N) is 1. The normalized spacial score (nSPS) is 37.0. The molecule has 1 aliphatic heterocycles. The third-order valence-electron chi connectivity index (χ3n) is 5.78. The van der Waals surface area contributed by atoms with Crippen molar-refractivity contribution in [2.75, 3.05) is 19.7 Å². The first-order chi connectivity index (χ1) is 9.92. The van der Waals surface area contributed by atoms with E-state index in [4.69, 9.17) is 16.9 Å². The Labute approximate surface area is 127 Å². The minimum atomic E-state index is -0.830. The molecule has 4 nitrogen and oxygen atoms in total. The molecule has 21 heavy (non-hydrogen) atoms. The quantitative estimate of drug-likeness (QED) is 0.796. The van der Waals surface area contributed by atoms with Crippen LogP contribution in [-0.4, -0.2) is 42.1 Å². The van der Waals surface area contributed by atoms with E-state index < -0.39 is 5.54 Å². The first-order valence-corrected chi connectivity index (χ1v) is 8.06. The Balaban J connectivity index is 1.82. The molecule has 4 heteroatoms. The highest BCUT2D eigenvalue weighted by atomic mass is 16.5. The molecule has 3 unspecified atom stereocenters. The van der Waals surface area contributed by atoms with Crippen LogP contribution in [0.15, 0.2) is 0 Å². The van der Waals surface area contributed by atoms with Crippen molar-refractivity contribution in [1.29, 1.82) is 0 Å². The molecule has 3 aliphatic rings. The van der Waals surface area contributed by atoms with Crippen molar-refractivity contribution in [2.24, 2.45) is 23.0 Å². The second kappa shape index (κ2) is 5.00. The van der Waals surface area contributed by atoms with Gasteiger partial charge in [-0.1, -0.05) is 19.8 Å². The molecule has 116 valence electrons. The van der Waals surface area contributed by atoms with E-state index in [0.29, 0.717) is 12.5 Å². The number of terminal acetylenes is 1. The average Bonchev–Trinajstić information content (AvgIpc) is 3.29. The van der Waals surface area contributed by atoms with Crippen LogP contribution in [-0.2, 0) is 9.53 Å². The predicted octanol–water partition coefficient (Wildman–Crippen LogP) is 1.39. The van der Waals surface area contributed by atoms with Gasteiger partial charge in [0.2, 0.25) is 5.91 Å². The van der Waals surface area contributed by atoms with Crippen LogP contribution in [0.5, 0.6) is 0 Å². The first-order valence-electron chi connectivity index (χ1n) is 8.06. The van der Waals surface area contributed by atoms with E-state index in [0.717, 1.165) is 26.0 Å². The minimum absolute atomic E-state index is 0.0316. The molecule has 1 heterocycles. The van der Waals surface area contributed by atoms with Gasteiger partial charge in [-0.05, 0) is 31.6 Å². The number of hydrogen-bond donors (Lipinski definition) is 1. The standard InChI is InChI=1S/C17H26N2O2/c1-4-9-19(11-12-7-8-12)15(20)17(18)13-6-5-10-21-14(13)16(17,2)3/h1,12-14H,5-11,18H2,2-3H3. The maximum atomic E-state index is 13.1. The Morgan fingerprint density at radius 1 is 1.43 bits per heavy atom. The van der Waals surface area contributed by atoms with Crippen molar-refractivity contribution >= 4 is 5.91 Å². The monoisotopic (exact) mass is 290 g/mol. The van der Waals surface area contributed by atoms with Gasteiger partial charge in [-0.3, -0.25) is 4.79 Å². The lowest BCUT2D eigenvalue weighted by molar-refractivity contribution is -0.230. The summed E-state index contributed by atoms with van der Waals surface area (Å²) in [5.41, 5.74) is 5.51.